The first-order valence-electron chi connectivity index (χ1n) is 6.00. The van der Waals surface area contributed by atoms with Crippen LogP contribution in [-0.4, -0.2) is 31.6 Å². The van der Waals surface area contributed by atoms with Gasteiger partial charge in [-0.1, -0.05) is 23.2 Å². The van der Waals surface area contributed by atoms with Crippen LogP contribution in [0.25, 0.3) is 0 Å². The summed E-state index contributed by atoms with van der Waals surface area (Å²) < 4.78 is 31.8. The average Bonchev–Trinajstić information content (AvgIpc) is 2.49. The predicted molar refractivity (Wildman–Crippen MR) is 85.0 cm³/mol. The molecule has 0 atom stereocenters. The third-order valence-electron chi connectivity index (χ3n) is 2.77. The van der Waals surface area contributed by atoms with Gasteiger partial charge < -0.3 is 9.84 Å². The highest BCUT2D eigenvalue weighted by Crippen LogP contribution is 2.37. The van der Waals surface area contributed by atoms with E-state index in [0.717, 1.165) is 6.20 Å². The van der Waals surface area contributed by atoms with Crippen molar-refractivity contribution >= 4 is 45.0 Å². The summed E-state index contributed by atoms with van der Waals surface area (Å²) in [7, 11) is -2.68. The highest BCUT2D eigenvalue weighted by molar-refractivity contribution is 7.92. The van der Waals surface area contributed by atoms with Gasteiger partial charge in [-0.15, -0.1) is 0 Å². The normalized spacial score (nSPS) is 11.1. The van der Waals surface area contributed by atoms with Crippen LogP contribution in [0.2, 0.25) is 10.0 Å². The van der Waals surface area contributed by atoms with E-state index in [0.29, 0.717) is 0 Å². The van der Waals surface area contributed by atoms with Crippen LogP contribution in [0.1, 0.15) is 10.4 Å². The molecule has 0 saturated carbocycles. The maximum Gasteiger partial charge on any atom is 0.337 e. The number of ether oxygens (including phenoxy) is 1. The summed E-state index contributed by atoms with van der Waals surface area (Å²) in [6, 6.07) is 5.04. The second-order valence-electron chi connectivity index (χ2n) is 4.24. The van der Waals surface area contributed by atoms with Crippen molar-refractivity contribution in [3.8, 4) is 5.75 Å². The predicted octanol–water partition coefficient (Wildman–Crippen LogP) is 2.90. The van der Waals surface area contributed by atoms with Gasteiger partial charge in [0.2, 0.25) is 0 Å². The van der Waals surface area contributed by atoms with E-state index in [1.54, 1.807) is 0 Å². The minimum Gasteiger partial charge on any atom is -0.495 e. The van der Waals surface area contributed by atoms with Gasteiger partial charge in [0.05, 0.1) is 17.7 Å². The lowest BCUT2D eigenvalue weighted by Crippen LogP contribution is -2.15. The molecule has 2 rings (SSSR count). The molecule has 0 amide bonds. The number of carboxylic acid groups (broad SMARTS) is 1. The number of sulfonamides is 1. The molecule has 0 radical (unpaired) electrons. The van der Waals surface area contributed by atoms with Gasteiger partial charge in [-0.2, -0.15) is 0 Å². The Balaban J connectivity index is 2.36. The maximum atomic E-state index is 12.3. The van der Waals surface area contributed by atoms with Gasteiger partial charge in [0.25, 0.3) is 10.0 Å². The van der Waals surface area contributed by atoms with Gasteiger partial charge in [0, 0.05) is 6.20 Å². The van der Waals surface area contributed by atoms with Gasteiger partial charge >= 0.3 is 5.97 Å². The number of hydrogen-bond acceptors (Lipinski definition) is 5. The molecule has 1 aromatic carbocycles. The third kappa shape index (κ3) is 3.66. The van der Waals surface area contributed by atoms with E-state index in [2.05, 4.69) is 9.71 Å². The Morgan fingerprint density at radius 2 is 1.91 bits per heavy atom. The van der Waals surface area contributed by atoms with Crippen LogP contribution in [0.3, 0.4) is 0 Å². The molecular formula is C13H10Cl2N2O5S. The fraction of sp³-hybridized carbons (Fsp3) is 0.0769. The molecule has 1 heterocycles. The van der Waals surface area contributed by atoms with Crippen LogP contribution >= 0.6 is 23.2 Å². The van der Waals surface area contributed by atoms with Crippen LogP contribution in [0.5, 0.6) is 5.75 Å². The second kappa shape index (κ2) is 6.61. The number of hydrogen-bond donors (Lipinski definition) is 2. The number of halogens is 2. The van der Waals surface area contributed by atoms with E-state index in [1.807, 2.05) is 0 Å². The largest absolute Gasteiger partial charge is 0.495 e. The lowest BCUT2D eigenvalue weighted by atomic mass is 10.3. The Bertz CT molecular complexity index is 853. The fourth-order valence-electron chi connectivity index (χ4n) is 1.65. The zero-order chi connectivity index (χ0) is 17.2. The molecule has 0 aliphatic carbocycles. The number of nitrogens with zero attached hydrogens (tertiary/aromatic N) is 1. The molecule has 0 aliphatic rings. The number of aromatic nitrogens is 1. The second-order valence-corrected chi connectivity index (χ2v) is 6.64. The zero-order valence-electron chi connectivity index (χ0n) is 11.6. The van der Waals surface area contributed by atoms with Crippen molar-refractivity contribution in [1.29, 1.82) is 0 Å². The Labute approximate surface area is 141 Å². The van der Waals surface area contributed by atoms with E-state index in [1.165, 1.54) is 31.4 Å². The summed E-state index contributed by atoms with van der Waals surface area (Å²) in [5.41, 5.74) is -0.0709. The third-order valence-corrected chi connectivity index (χ3v) is 5.14. The number of carboxylic acids is 1. The Hall–Kier alpha value is -2.03. The molecule has 23 heavy (non-hydrogen) atoms. The van der Waals surface area contributed by atoms with Crippen molar-refractivity contribution in [2.45, 2.75) is 4.90 Å². The van der Waals surface area contributed by atoms with E-state index in [-0.39, 0.29) is 32.1 Å². The molecule has 122 valence electrons. The quantitative estimate of drug-likeness (QED) is 0.830. The number of aromatic carboxylic acids is 1. The lowest BCUT2D eigenvalue weighted by Gasteiger charge is -2.11. The monoisotopic (exact) mass is 376 g/mol. The van der Waals surface area contributed by atoms with Crippen LogP contribution in [0.15, 0.2) is 35.4 Å². The Morgan fingerprint density at radius 3 is 2.43 bits per heavy atom. The molecule has 2 N–H and O–H groups in total. The van der Waals surface area contributed by atoms with Gasteiger partial charge in [-0.05, 0) is 24.3 Å². The van der Waals surface area contributed by atoms with Crippen LogP contribution in [-0.2, 0) is 10.0 Å². The first-order chi connectivity index (χ1) is 10.8. The summed E-state index contributed by atoms with van der Waals surface area (Å²) in [6.45, 7) is 0. The van der Waals surface area contributed by atoms with E-state index in [9.17, 15) is 13.2 Å². The first kappa shape index (κ1) is 17.3. The molecule has 7 nitrogen and oxygen atoms in total. The van der Waals surface area contributed by atoms with E-state index in [4.69, 9.17) is 33.0 Å². The minimum absolute atomic E-state index is 0.0359. The summed E-state index contributed by atoms with van der Waals surface area (Å²) in [4.78, 5) is 14.2. The average molecular weight is 377 g/mol. The number of benzene rings is 1. The van der Waals surface area contributed by atoms with Crippen molar-refractivity contribution in [3.63, 3.8) is 0 Å². The van der Waals surface area contributed by atoms with Crippen molar-refractivity contribution in [3.05, 3.63) is 46.1 Å². The summed E-state index contributed by atoms with van der Waals surface area (Å²) in [6.07, 6.45) is 1.03. The zero-order valence-corrected chi connectivity index (χ0v) is 13.9. The van der Waals surface area contributed by atoms with Crippen LogP contribution in [0.4, 0.5) is 5.82 Å². The van der Waals surface area contributed by atoms with Crippen molar-refractivity contribution in [2.75, 3.05) is 11.8 Å². The van der Waals surface area contributed by atoms with Crippen LogP contribution in [0, 0.1) is 0 Å². The highest BCUT2D eigenvalue weighted by Gasteiger charge is 2.22. The number of rotatable bonds is 5. The molecular weight excluding hydrogens is 367 g/mol. The maximum absolute atomic E-state index is 12.3. The van der Waals surface area contributed by atoms with Crippen molar-refractivity contribution < 1.29 is 23.1 Å². The lowest BCUT2D eigenvalue weighted by molar-refractivity contribution is 0.0696. The van der Waals surface area contributed by atoms with Gasteiger partial charge in [0.15, 0.2) is 0 Å². The number of anilines is 1. The first-order valence-corrected chi connectivity index (χ1v) is 8.24. The Morgan fingerprint density at radius 1 is 1.22 bits per heavy atom. The molecule has 10 heteroatoms. The standard InChI is InChI=1S/C13H10Cl2N2O5S/c1-22-8-3-4-9(12(15)11(8)14)23(20,21)17-10-5-2-7(6-16-10)13(18)19/h2-6H,1H3,(H,16,17)(H,18,19). The molecule has 0 unspecified atom stereocenters. The smallest absolute Gasteiger partial charge is 0.337 e. The van der Waals surface area contributed by atoms with Crippen molar-refractivity contribution in [2.24, 2.45) is 0 Å². The summed E-state index contributed by atoms with van der Waals surface area (Å²) in [5.74, 6) is -0.991. The summed E-state index contributed by atoms with van der Waals surface area (Å²) in [5, 5.41) is 8.55. The van der Waals surface area contributed by atoms with E-state index < -0.39 is 16.0 Å². The molecule has 0 bridgehead atoms. The summed E-state index contributed by atoms with van der Waals surface area (Å²) >= 11 is 11.9. The van der Waals surface area contributed by atoms with Gasteiger partial charge in [-0.3, -0.25) is 4.72 Å². The highest BCUT2D eigenvalue weighted by atomic mass is 35.5. The minimum atomic E-state index is -4.06. The number of methoxy groups -OCH3 is 1. The topological polar surface area (TPSA) is 106 Å². The van der Waals surface area contributed by atoms with E-state index >= 15 is 0 Å². The number of pyridine rings is 1. The molecule has 2 aromatic rings. The molecule has 0 aliphatic heterocycles. The van der Waals surface area contributed by atoms with Gasteiger partial charge in [0.1, 0.15) is 21.5 Å². The molecule has 1 aromatic heterocycles. The molecule has 0 fully saturated rings. The molecule has 0 spiro atoms. The Kier molecular flexibility index (Phi) is 4.98. The number of carbonyl (C=O) groups is 1. The molecule has 0 saturated heterocycles. The van der Waals surface area contributed by atoms with Crippen LogP contribution < -0.4 is 9.46 Å². The number of nitrogens with one attached hydrogen (secondary N) is 1. The van der Waals surface area contributed by atoms with Gasteiger partial charge in [-0.25, -0.2) is 18.2 Å². The SMILES string of the molecule is COc1ccc(S(=O)(=O)Nc2ccc(C(=O)O)cn2)c(Cl)c1Cl. The fourth-order valence-corrected chi connectivity index (χ4v) is 3.50. The van der Waals surface area contributed by atoms with Crippen molar-refractivity contribution in [1.82, 2.24) is 4.98 Å².